The fourth-order valence-corrected chi connectivity index (χ4v) is 6.19. The van der Waals surface area contributed by atoms with Crippen LogP contribution in [0.25, 0.3) is 21.3 Å². The molecule has 9 heteroatoms. The van der Waals surface area contributed by atoms with Crippen molar-refractivity contribution in [3.8, 4) is 16.9 Å². The van der Waals surface area contributed by atoms with Crippen LogP contribution in [0.4, 0.5) is 0 Å². The summed E-state index contributed by atoms with van der Waals surface area (Å²) < 4.78 is 10.3. The standard InChI is InChI=1S/C27H29ClN4O3S/c1-16-11-17(28)12-20(24(16)35-22-6-8-29-15-27(22,2)3)19-5-9-30-21-13-18(36-25(19)21)14-32-23(33)7-10-31(4)26(32)34/h5,7,9-13,22,29H,6,8,14-15H2,1-4H3. The summed E-state index contributed by atoms with van der Waals surface area (Å²) in [5.41, 5.74) is 2.99. The minimum absolute atomic E-state index is 0.0135. The average Bonchev–Trinajstić information content (AvgIpc) is 3.24. The van der Waals surface area contributed by atoms with Gasteiger partial charge in [0.05, 0.1) is 16.8 Å². The Labute approximate surface area is 218 Å². The van der Waals surface area contributed by atoms with Gasteiger partial charge in [0.15, 0.2) is 0 Å². The predicted octanol–water partition coefficient (Wildman–Crippen LogP) is 4.60. The van der Waals surface area contributed by atoms with Crippen molar-refractivity contribution < 1.29 is 4.74 Å². The molecule has 1 aliphatic heterocycles. The summed E-state index contributed by atoms with van der Waals surface area (Å²) in [6.45, 7) is 8.47. The Morgan fingerprint density at radius 3 is 2.81 bits per heavy atom. The maximum Gasteiger partial charge on any atom is 0.331 e. The minimum atomic E-state index is -0.348. The molecule has 4 heterocycles. The van der Waals surface area contributed by atoms with E-state index in [-0.39, 0.29) is 29.3 Å². The second-order valence-electron chi connectivity index (χ2n) is 10.1. The van der Waals surface area contributed by atoms with Crippen LogP contribution in [0.1, 0.15) is 30.7 Å². The maximum atomic E-state index is 12.5. The third kappa shape index (κ3) is 4.61. The van der Waals surface area contributed by atoms with Gasteiger partial charge in [-0.25, -0.2) is 4.79 Å². The van der Waals surface area contributed by atoms with Gasteiger partial charge in [-0.05, 0) is 49.7 Å². The van der Waals surface area contributed by atoms with Crippen LogP contribution < -0.4 is 21.3 Å². The summed E-state index contributed by atoms with van der Waals surface area (Å²) in [6.07, 6.45) is 4.24. The Bertz CT molecular complexity index is 1570. The second kappa shape index (κ2) is 9.50. The molecule has 0 aliphatic carbocycles. The van der Waals surface area contributed by atoms with Crippen molar-refractivity contribution in [2.75, 3.05) is 13.1 Å². The zero-order valence-corrected chi connectivity index (χ0v) is 22.4. The number of ether oxygens (including phenoxy) is 1. The van der Waals surface area contributed by atoms with E-state index in [0.29, 0.717) is 5.02 Å². The zero-order chi connectivity index (χ0) is 25.6. The summed E-state index contributed by atoms with van der Waals surface area (Å²) >= 11 is 8.06. The molecule has 1 aromatic carbocycles. The molecule has 0 spiro atoms. The predicted molar refractivity (Wildman–Crippen MR) is 146 cm³/mol. The van der Waals surface area contributed by atoms with E-state index in [2.05, 4.69) is 24.1 Å². The normalized spacial score (nSPS) is 17.4. The third-order valence-electron chi connectivity index (χ3n) is 6.84. The molecule has 3 aromatic heterocycles. The van der Waals surface area contributed by atoms with Crippen LogP contribution in [-0.2, 0) is 13.6 Å². The lowest BCUT2D eigenvalue weighted by Gasteiger charge is -2.39. The van der Waals surface area contributed by atoms with Crippen molar-refractivity contribution >= 4 is 33.2 Å². The number of fused-ring (bicyclic) bond motifs is 1. The number of nitrogens with zero attached hydrogens (tertiary/aromatic N) is 3. The summed E-state index contributed by atoms with van der Waals surface area (Å²) in [6, 6.07) is 9.20. The highest BCUT2D eigenvalue weighted by atomic mass is 35.5. The van der Waals surface area contributed by atoms with Gasteiger partial charge < -0.3 is 14.6 Å². The number of nitrogens with one attached hydrogen (secondary N) is 1. The van der Waals surface area contributed by atoms with Gasteiger partial charge in [0.25, 0.3) is 5.56 Å². The Kier molecular flexibility index (Phi) is 6.53. The van der Waals surface area contributed by atoms with Gasteiger partial charge in [0.2, 0.25) is 0 Å². The Morgan fingerprint density at radius 2 is 2.03 bits per heavy atom. The molecule has 5 rings (SSSR count). The number of hydrogen-bond donors (Lipinski definition) is 1. The monoisotopic (exact) mass is 524 g/mol. The topological polar surface area (TPSA) is 78.2 Å². The van der Waals surface area contributed by atoms with Gasteiger partial charge in [-0.15, -0.1) is 11.3 Å². The van der Waals surface area contributed by atoms with E-state index in [1.54, 1.807) is 13.2 Å². The Balaban J connectivity index is 1.60. The number of thiophene rings is 1. The van der Waals surface area contributed by atoms with E-state index < -0.39 is 0 Å². The third-order valence-corrected chi connectivity index (χ3v) is 8.20. The molecule has 36 heavy (non-hydrogen) atoms. The van der Waals surface area contributed by atoms with Crippen molar-refractivity contribution in [2.24, 2.45) is 12.5 Å². The van der Waals surface area contributed by atoms with Crippen LogP contribution in [-0.4, -0.2) is 33.3 Å². The molecule has 1 saturated heterocycles. The largest absolute Gasteiger partial charge is 0.489 e. The van der Waals surface area contributed by atoms with E-state index >= 15 is 0 Å². The van der Waals surface area contributed by atoms with Crippen molar-refractivity contribution in [2.45, 2.75) is 39.8 Å². The molecule has 1 aliphatic rings. The molecule has 7 nitrogen and oxygen atoms in total. The second-order valence-corrected chi connectivity index (χ2v) is 11.7. The molecule has 188 valence electrons. The first-order valence-corrected chi connectivity index (χ1v) is 13.2. The van der Waals surface area contributed by atoms with Crippen LogP contribution in [0.15, 0.2) is 52.3 Å². The maximum absolute atomic E-state index is 12.5. The molecule has 0 radical (unpaired) electrons. The Morgan fingerprint density at radius 1 is 1.22 bits per heavy atom. The highest BCUT2D eigenvalue weighted by Crippen LogP contribution is 2.43. The molecule has 0 saturated carbocycles. The number of rotatable bonds is 5. The fourth-order valence-electron chi connectivity index (χ4n) is 4.79. The number of aromatic nitrogens is 3. The zero-order valence-electron chi connectivity index (χ0n) is 20.8. The number of benzene rings is 1. The summed E-state index contributed by atoms with van der Waals surface area (Å²) in [5, 5.41) is 4.10. The van der Waals surface area contributed by atoms with Crippen LogP contribution in [0.5, 0.6) is 5.75 Å². The van der Waals surface area contributed by atoms with E-state index in [9.17, 15) is 9.59 Å². The van der Waals surface area contributed by atoms with Crippen LogP contribution in [0, 0.1) is 12.3 Å². The highest BCUT2D eigenvalue weighted by Gasteiger charge is 2.35. The van der Waals surface area contributed by atoms with Crippen LogP contribution >= 0.6 is 22.9 Å². The lowest BCUT2D eigenvalue weighted by molar-refractivity contribution is 0.0450. The van der Waals surface area contributed by atoms with Crippen molar-refractivity contribution in [3.63, 3.8) is 0 Å². The van der Waals surface area contributed by atoms with Gasteiger partial charge in [-0.3, -0.25) is 14.3 Å². The quantitative estimate of drug-likeness (QED) is 0.413. The van der Waals surface area contributed by atoms with Gasteiger partial charge in [-0.1, -0.05) is 25.4 Å². The van der Waals surface area contributed by atoms with E-state index in [1.165, 1.54) is 32.7 Å². The molecule has 1 N–H and O–H groups in total. The molecule has 1 unspecified atom stereocenters. The first-order chi connectivity index (χ1) is 17.1. The average molecular weight is 525 g/mol. The van der Waals surface area contributed by atoms with Crippen LogP contribution in [0.3, 0.4) is 0 Å². The van der Waals surface area contributed by atoms with Gasteiger partial charge in [0, 0.05) is 58.5 Å². The SMILES string of the molecule is Cc1cc(Cl)cc(-c2ccnc3cc(Cn4c(=O)ccn(C)c4=O)sc23)c1OC1CCNCC1(C)C. The summed E-state index contributed by atoms with van der Waals surface area (Å²) in [7, 11) is 1.63. The van der Waals surface area contributed by atoms with E-state index in [0.717, 1.165) is 57.0 Å². The fraction of sp³-hybridized carbons (Fsp3) is 0.370. The smallest absolute Gasteiger partial charge is 0.331 e. The lowest BCUT2D eigenvalue weighted by atomic mass is 9.82. The van der Waals surface area contributed by atoms with E-state index in [1.807, 2.05) is 31.2 Å². The molecule has 1 fully saturated rings. The number of piperidine rings is 1. The van der Waals surface area contributed by atoms with Gasteiger partial charge in [0.1, 0.15) is 11.9 Å². The summed E-state index contributed by atoms with van der Waals surface area (Å²) in [4.78, 5) is 30.3. The van der Waals surface area contributed by atoms with Crippen LogP contribution in [0.2, 0.25) is 5.02 Å². The number of pyridine rings is 1. The molecular formula is C27H29ClN4O3S. The molecule has 0 amide bonds. The minimum Gasteiger partial charge on any atom is -0.489 e. The first-order valence-electron chi connectivity index (χ1n) is 12.0. The van der Waals surface area contributed by atoms with Crippen molar-refractivity contribution in [1.82, 2.24) is 19.4 Å². The van der Waals surface area contributed by atoms with Crippen molar-refractivity contribution in [1.29, 1.82) is 0 Å². The Hall–Kier alpha value is -2.94. The van der Waals surface area contributed by atoms with E-state index in [4.69, 9.17) is 16.3 Å². The molecule has 4 aromatic rings. The first kappa shape index (κ1) is 24.7. The number of hydrogen-bond acceptors (Lipinski definition) is 6. The van der Waals surface area contributed by atoms with Gasteiger partial charge in [-0.2, -0.15) is 0 Å². The number of halogens is 1. The number of aryl methyl sites for hydroxylation is 2. The van der Waals surface area contributed by atoms with Crippen molar-refractivity contribution in [3.05, 3.63) is 79.0 Å². The van der Waals surface area contributed by atoms with Gasteiger partial charge >= 0.3 is 5.69 Å². The molecular weight excluding hydrogens is 496 g/mol. The highest BCUT2D eigenvalue weighted by molar-refractivity contribution is 7.19. The molecule has 1 atom stereocenters. The lowest BCUT2D eigenvalue weighted by Crippen LogP contribution is -2.48. The molecule has 0 bridgehead atoms. The summed E-state index contributed by atoms with van der Waals surface area (Å²) in [5.74, 6) is 0.829.